The molecule has 0 heterocycles. The molecule has 0 amide bonds. The Morgan fingerprint density at radius 1 is 1.14 bits per heavy atom. The molecule has 78 valence electrons. The fraction of sp³-hybridized carbons (Fsp3) is 0.538. The first kappa shape index (κ1) is 11.3. The topological polar surface area (TPSA) is 26.0 Å². The average Bonchev–Trinajstić information content (AvgIpc) is 2.19. The monoisotopic (exact) mass is 191 g/mol. The van der Waals surface area contributed by atoms with Crippen LogP contribution in [0.4, 0.5) is 0 Å². The van der Waals surface area contributed by atoms with E-state index < -0.39 is 0 Å². The first-order valence-electron chi connectivity index (χ1n) is 5.56. The molecule has 1 aromatic carbocycles. The lowest BCUT2D eigenvalue weighted by Gasteiger charge is -2.11. The van der Waals surface area contributed by atoms with Gasteiger partial charge in [0.05, 0.1) is 0 Å². The Kier molecular flexibility index (Phi) is 4.68. The highest BCUT2D eigenvalue weighted by atomic mass is 14.6. The van der Waals surface area contributed by atoms with Gasteiger partial charge >= 0.3 is 0 Å². The molecule has 1 nitrogen and oxygen atoms in total. The molecule has 0 unspecified atom stereocenters. The maximum absolute atomic E-state index is 6.09. The molecule has 1 heteroatoms. The first-order chi connectivity index (χ1) is 6.74. The van der Waals surface area contributed by atoms with Gasteiger partial charge in [-0.15, -0.1) is 0 Å². The van der Waals surface area contributed by atoms with E-state index in [-0.39, 0.29) is 6.04 Å². The second-order valence-corrected chi connectivity index (χ2v) is 4.01. The average molecular weight is 191 g/mol. The van der Waals surface area contributed by atoms with Crippen LogP contribution >= 0.6 is 0 Å². The zero-order valence-corrected chi connectivity index (χ0v) is 9.29. The van der Waals surface area contributed by atoms with E-state index in [4.69, 9.17) is 5.73 Å². The van der Waals surface area contributed by atoms with Gasteiger partial charge in [0.25, 0.3) is 0 Å². The molecule has 1 atom stereocenters. The van der Waals surface area contributed by atoms with Crippen LogP contribution in [0, 0.1) is 6.92 Å². The Bertz CT molecular complexity index is 250. The van der Waals surface area contributed by atoms with Gasteiger partial charge in [-0.05, 0) is 18.9 Å². The van der Waals surface area contributed by atoms with E-state index in [9.17, 15) is 0 Å². The van der Waals surface area contributed by atoms with Gasteiger partial charge in [-0.25, -0.2) is 0 Å². The fourth-order valence-electron chi connectivity index (χ4n) is 1.59. The van der Waals surface area contributed by atoms with E-state index in [2.05, 4.69) is 38.1 Å². The normalized spacial score (nSPS) is 12.8. The van der Waals surface area contributed by atoms with Gasteiger partial charge < -0.3 is 5.73 Å². The van der Waals surface area contributed by atoms with Crippen LogP contribution in [0.15, 0.2) is 24.3 Å². The first-order valence-corrected chi connectivity index (χ1v) is 5.56. The van der Waals surface area contributed by atoms with E-state index in [1.807, 2.05) is 0 Å². The fourth-order valence-corrected chi connectivity index (χ4v) is 1.59. The van der Waals surface area contributed by atoms with Gasteiger partial charge in [0.1, 0.15) is 0 Å². The molecule has 0 fully saturated rings. The Morgan fingerprint density at radius 3 is 2.36 bits per heavy atom. The highest BCUT2D eigenvalue weighted by Crippen LogP contribution is 2.17. The molecular formula is C13H21N. The van der Waals surface area contributed by atoms with Crippen LogP contribution in [0.1, 0.15) is 49.8 Å². The lowest BCUT2D eigenvalue weighted by molar-refractivity contribution is 0.581. The summed E-state index contributed by atoms with van der Waals surface area (Å²) in [6, 6.07) is 8.78. The van der Waals surface area contributed by atoms with E-state index in [0.29, 0.717) is 0 Å². The molecule has 2 N–H and O–H groups in total. The zero-order valence-electron chi connectivity index (χ0n) is 9.29. The van der Waals surface area contributed by atoms with Crippen molar-refractivity contribution in [3.63, 3.8) is 0 Å². The number of aryl methyl sites for hydroxylation is 1. The number of hydrogen-bond donors (Lipinski definition) is 1. The summed E-state index contributed by atoms with van der Waals surface area (Å²) in [5.41, 5.74) is 8.66. The Labute approximate surface area is 87.3 Å². The Hall–Kier alpha value is -0.820. The van der Waals surface area contributed by atoms with Crippen molar-refractivity contribution in [2.75, 3.05) is 0 Å². The third-order valence-electron chi connectivity index (χ3n) is 2.62. The molecule has 14 heavy (non-hydrogen) atoms. The summed E-state index contributed by atoms with van der Waals surface area (Å²) in [6.45, 7) is 4.32. The lowest BCUT2D eigenvalue weighted by Crippen LogP contribution is -2.09. The predicted molar refractivity (Wildman–Crippen MR) is 62.2 cm³/mol. The smallest absolute Gasteiger partial charge is 0.0294 e. The molecule has 0 aliphatic rings. The molecule has 0 aromatic heterocycles. The summed E-state index contributed by atoms with van der Waals surface area (Å²) in [5.74, 6) is 0. The summed E-state index contributed by atoms with van der Waals surface area (Å²) in [7, 11) is 0. The van der Waals surface area contributed by atoms with Crippen LogP contribution in [0.2, 0.25) is 0 Å². The minimum Gasteiger partial charge on any atom is -0.324 e. The van der Waals surface area contributed by atoms with Crippen molar-refractivity contribution >= 4 is 0 Å². The SMILES string of the molecule is CCCCC[C@H](N)c1ccc(C)cc1. The summed E-state index contributed by atoms with van der Waals surface area (Å²) < 4.78 is 0. The van der Waals surface area contributed by atoms with Gasteiger partial charge in [-0.2, -0.15) is 0 Å². The number of benzene rings is 1. The van der Waals surface area contributed by atoms with E-state index >= 15 is 0 Å². The highest BCUT2D eigenvalue weighted by Gasteiger charge is 2.04. The predicted octanol–water partition coefficient (Wildman–Crippen LogP) is 3.58. The summed E-state index contributed by atoms with van der Waals surface area (Å²) in [4.78, 5) is 0. The summed E-state index contributed by atoms with van der Waals surface area (Å²) >= 11 is 0. The van der Waals surface area contributed by atoms with Crippen LogP contribution < -0.4 is 5.73 Å². The van der Waals surface area contributed by atoms with Gasteiger partial charge in [0.2, 0.25) is 0 Å². The molecule has 0 saturated carbocycles. The molecule has 1 aromatic rings. The highest BCUT2D eigenvalue weighted by molar-refractivity contribution is 5.23. The second-order valence-electron chi connectivity index (χ2n) is 4.01. The van der Waals surface area contributed by atoms with Crippen molar-refractivity contribution < 1.29 is 0 Å². The van der Waals surface area contributed by atoms with Crippen molar-refractivity contribution in [1.29, 1.82) is 0 Å². The van der Waals surface area contributed by atoms with Crippen molar-refractivity contribution in [3.8, 4) is 0 Å². The lowest BCUT2D eigenvalue weighted by atomic mass is 10.0. The third kappa shape index (κ3) is 3.51. The quantitative estimate of drug-likeness (QED) is 0.707. The molecule has 0 aliphatic carbocycles. The molecule has 0 spiro atoms. The standard InChI is InChI=1S/C13H21N/c1-3-4-5-6-13(14)12-9-7-11(2)8-10-12/h7-10,13H,3-6,14H2,1-2H3/t13-/m0/s1. The molecule has 1 rings (SSSR count). The molecule has 0 radical (unpaired) electrons. The third-order valence-corrected chi connectivity index (χ3v) is 2.62. The van der Waals surface area contributed by atoms with Crippen molar-refractivity contribution in [1.82, 2.24) is 0 Å². The van der Waals surface area contributed by atoms with Gasteiger partial charge in [0, 0.05) is 6.04 Å². The van der Waals surface area contributed by atoms with Gasteiger partial charge in [-0.3, -0.25) is 0 Å². The van der Waals surface area contributed by atoms with E-state index in [0.717, 1.165) is 6.42 Å². The Balaban J connectivity index is 2.43. The van der Waals surface area contributed by atoms with Crippen molar-refractivity contribution in [2.24, 2.45) is 5.73 Å². The minimum atomic E-state index is 0.224. The zero-order chi connectivity index (χ0) is 10.4. The van der Waals surface area contributed by atoms with Crippen LogP contribution in [-0.4, -0.2) is 0 Å². The van der Waals surface area contributed by atoms with Crippen LogP contribution in [0.5, 0.6) is 0 Å². The molecule has 0 aliphatic heterocycles. The molecule has 0 bridgehead atoms. The van der Waals surface area contributed by atoms with Crippen LogP contribution in [-0.2, 0) is 0 Å². The number of nitrogens with two attached hydrogens (primary N) is 1. The number of unbranched alkanes of at least 4 members (excludes halogenated alkanes) is 2. The molecule has 0 saturated heterocycles. The number of hydrogen-bond acceptors (Lipinski definition) is 1. The summed E-state index contributed by atoms with van der Waals surface area (Å²) in [5, 5.41) is 0. The van der Waals surface area contributed by atoms with E-state index in [1.165, 1.54) is 30.4 Å². The van der Waals surface area contributed by atoms with Gasteiger partial charge in [0.15, 0.2) is 0 Å². The minimum absolute atomic E-state index is 0.224. The van der Waals surface area contributed by atoms with Crippen LogP contribution in [0.25, 0.3) is 0 Å². The van der Waals surface area contributed by atoms with Gasteiger partial charge in [-0.1, -0.05) is 56.0 Å². The maximum Gasteiger partial charge on any atom is 0.0294 e. The Morgan fingerprint density at radius 2 is 1.79 bits per heavy atom. The number of rotatable bonds is 5. The summed E-state index contributed by atoms with van der Waals surface area (Å²) in [6.07, 6.45) is 4.91. The maximum atomic E-state index is 6.09. The largest absolute Gasteiger partial charge is 0.324 e. The van der Waals surface area contributed by atoms with Crippen molar-refractivity contribution in [3.05, 3.63) is 35.4 Å². The van der Waals surface area contributed by atoms with E-state index in [1.54, 1.807) is 0 Å². The van der Waals surface area contributed by atoms with Crippen molar-refractivity contribution in [2.45, 2.75) is 45.6 Å². The second kappa shape index (κ2) is 5.82. The molecular weight excluding hydrogens is 170 g/mol. The van der Waals surface area contributed by atoms with Crippen LogP contribution in [0.3, 0.4) is 0 Å².